The maximum atomic E-state index is 12.1. The topological polar surface area (TPSA) is 29.1 Å². The molecule has 0 heterocycles. The van der Waals surface area contributed by atoms with Gasteiger partial charge in [0.05, 0.1) is 0 Å². The first-order valence-electron chi connectivity index (χ1n) is 6.77. The van der Waals surface area contributed by atoms with E-state index in [4.69, 9.17) is 0 Å². The van der Waals surface area contributed by atoms with Crippen molar-refractivity contribution in [2.75, 3.05) is 5.32 Å². The third-order valence-corrected chi connectivity index (χ3v) is 3.32. The van der Waals surface area contributed by atoms with Crippen LogP contribution in [0.2, 0.25) is 0 Å². The molecular weight excluding hydrogens is 246 g/mol. The van der Waals surface area contributed by atoms with E-state index in [0.717, 1.165) is 23.2 Å². The van der Waals surface area contributed by atoms with E-state index in [2.05, 4.69) is 18.8 Å². The monoisotopic (exact) mass is 265 g/mol. The van der Waals surface area contributed by atoms with Gasteiger partial charge in [-0.2, -0.15) is 0 Å². The lowest BCUT2D eigenvalue weighted by Gasteiger charge is -2.09. The molecule has 1 N–H and O–H groups in total. The molecule has 0 aliphatic rings. The minimum absolute atomic E-state index is 0.0933. The van der Waals surface area contributed by atoms with Crippen molar-refractivity contribution in [2.45, 2.75) is 20.3 Å². The van der Waals surface area contributed by atoms with E-state index < -0.39 is 0 Å². The van der Waals surface area contributed by atoms with Crippen LogP contribution in [0.25, 0.3) is 6.08 Å². The lowest BCUT2D eigenvalue weighted by atomic mass is 10.0. The Hall–Kier alpha value is -2.35. The van der Waals surface area contributed by atoms with Gasteiger partial charge in [-0.15, -0.1) is 0 Å². The van der Waals surface area contributed by atoms with Crippen molar-refractivity contribution < 1.29 is 4.79 Å². The van der Waals surface area contributed by atoms with Crippen LogP contribution in [-0.2, 0) is 6.42 Å². The van der Waals surface area contributed by atoms with Crippen LogP contribution in [0.3, 0.4) is 0 Å². The Balaban J connectivity index is 2.19. The van der Waals surface area contributed by atoms with Gasteiger partial charge in [0.1, 0.15) is 0 Å². The lowest BCUT2D eigenvalue weighted by Crippen LogP contribution is -2.12. The highest BCUT2D eigenvalue weighted by Gasteiger charge is 2.06. The number of amides is 1. The highest BCUT2D eigenvalue weighted by atomic mass is 16.1. The predicted molar refractivity (Wildman–Crippen MR) is 85.0 cm³/mol. The van der Waals surface area contributed by atoms with E-state index in [9.17, 15) is 4.79 Å². The summed E-state index contributed by atoms with van der Waals surface area (Å²) in [7, 11) is 0. The number of anilines is 1. The SMILES string of the molecule is C=Cc1cc(NC(=O)c2ccc(C)cc2)ccc1CC. The first-order valence-corrected chi connectivity index (χ1v) is 6.77. The molecule has 102 valence electrons. The largest absolute Gasteiger partial charge is 0.322 e. The molecule has 20 heavy (non-hydrogen) atoms. The molecule has 2 rings (SSSR count). The smallest absolute Gasteiger partial charge is 0.255 e. The Morgan fingerprint density at radius 1 is 1.20 bits per heavy atom. The summed E-state index contributed by atoms with van der Waals surface area (Å²) in [5, 5.41) is 2.92. The van der Waals surface area contributed by atoms with Crippen molar-refractivity contribution in [2.24, 2.45) is 0 Å². The molecule has 0 atom stereocenters. The second-order valence-electron chi connectivity index (χ2n) is 4.79. The van der Waals surface area contributed by atoms with Crippen molar-refractivity contribution in [3.8, 4) is 0 Å². The summed E-state index contributed by atoms with van der Waals surface area (Å²) < 4.78 is 0. The standard InChI is InChI=1S/C18H19NO/c1-4-14-10-11-17(12-15(14)5-2)19-18(20)16-8-6-13(3)7-9-16/h5-12H,2,4H2,1,3H3,(H,19,20). The van der Waals surface area contributed by atoms with Crippen LogP contribution in [0, 0.1) is 6.92 Å². The van der Waals surface area contributed by atoms with Gasteiger partial charge in [-0.3, -0.25) is 4.79 Å². The van der Waals surface area contributed by atoms with Crippen molar-refractivity contribution in [1.29, 1.82) is 0 Å². The zero-order valence-corrected chi connectivity index (χ0v) is 11.9. The minimum Gasteiger partial charge on any atom is -0.322 e. The van der Waals surface area contributed by atoms with E-state index in [1.807, 2.05) is 55.5 Å². The first kappa shape index (κ1) is 14.1. The zero-order valence-electron chi connectivity index (χ0n) is 11.9. The number of aryl methyl sites for hydroxylation is 2. The Bertz CT molecular complexity index is 626. The summed E-state index contributed by atoms with van der Waals surface area (Å²) in [6.07, 6.45) is 2.77. The molecule has 2 nitrogen and oxygen atoms in total. The van der Waals surface area contributed by atoms with E-state index in [1.165, 1.54) is 5.56 Å². The molecule has 2 heteroatoms. The maximum absolute atomic E-state index is 12.1. The van der Waals surface area contributed by atoms with Gasteiger partial charge in [0.15, 0.2) is 0 Å². The quantitative estimate of drug-likeness (QED) is 0.869. The van der Waals surface area contributed by atoms with Gasteiger partial charge in [0.25, 0.3) is 5.91 Å². The van der Waals surface area contributed by atoms with Crippen LogP contribution in [0.1, 0.15) is 34.0 Å². The predicted octanol–water partition coefficient (Wildman–Crippen LogP) is 4.45. The van der Waals surface area contributed by atoms with Gasteiger partial charge in [-0.25, -0.2) is 0 Å². The maximum Gasteiger partial charge on any atom is 0.255 e. The van der Waals surface area contributed by atoms with Crippen LogP contribution in [0.5, 0.6) is 0 Å². The first-order chi connectivity index (χ1) is 9.63. The van der Waals surface area contributed by atoms with Crippen LogP contribution in [-0.4, -0.2) is 5.91 Å². The number of carbonyl (C=O) groups is 1. The molecule has 1 amide bonds. The van der Waals surface area contributed by atoms with Crippen molar-refractivity contribution in [3.05, 3.63) is 71.3 Å². The van der Waals surface area contributed by atoms with Gasteiger partial charge < -0.3 is 5.32 Å². The Morgan fingerprint density at radius 3 is 2.50 bits per heavy atom. The van der Waals surface area contributed by atoms with Crippen molar-refractivity contribution >= 4 is 17.7 Å². The van der Waals surface area contributed by atoms with Gasteiger partial charge >= 0.3 is 0 Å². The fourth-order valence-corrected chi connectivity index (χ4v) is 2.09. The van der Waals surface area contributed by atoms with Crippen LogP contribution < -0.4 is 5.32 Å². The minimum atomic E-state index is -0.0933. The number of nitrogens with one attached hydrogen (secondary N) is 1. The molecule has 0 aliphatic carbocycles. The third-order valence-electron chi connectivity index (χ3n) is 3.32. The summed E-state index contributed by atoms with van der Waals surface area (Å²) in [5.74, 6) is -0.0933. The summed E-state index contributed by atoms with van der Waals surface area (Å²) in [6.45, 7) is 7.92. The van der Waals surface area contributed by atoms with Gasteiger partial charge in [0, 0.05) is 11.3 Å². The number of benzene rings is 2. The molecule has 0 saturated heterocycles. The van der Waals surface area contributed by atoms with Crippen molar-refractivity contribution in [3.63, 3.8) is 0 Å². The molecule has 0 saturated carbocycles. The second kappa shape index (κ2) is 6.20. The molecule has 2 aromatic carbocycles. The highest BCUT2D eigenvalue weighted by Crippen LogP contribution is 2.18. The zero-order chi connectivity index (χ0) is 14.5. The second-order valence-corrected chi connectivity index (χ2v) is 4.79. The normalized spacial score (nSPS) is 10.1. The molecular formula is C18H19NO. The van der Waals surface area contributed by atoms with Gasteiger partial charge in [-0.05, 0) is 48.7 Å². The summed E-state index contributed by atoms with van der Waals surface area (Å²) in [4.78, 5) is 12.1. The molecule has 0 aliphatic heterocycles. The Morgan fingerprint density at radius 2 is 1.90 bits per heavy atom. The molecule has 0 radical (unpaired) electrons. The van der Waals surface area contributed by atoms with Crippen molar-refractivity contribution in [1.82, 2.24) is 0 Å². The van der Waals surface area contributed by atoms with E-state index in [0.29, 0.717) is 5.56 Å². The highest BCUT2D eigenvalue weighted by molar-refractivity contribution is 6.04. The summed E-state index contributed by atoms with van der Waals surface area (Å²) in [6, 6.07) is 13.4. The lowest BCUT2D eigenvalue weighted by molar-refractivity contribution is 0.102. The Kier molecular flexibility index (Phi) is 4.36. The summed E-state index contributed by atoms with van der Waals surface area (Å²) >= 11 is 0. The number of carbonyl (C=O) groups excluding carboxylic acids is 1. The van der Waals surface area contributed by atoms with E-state index in [1.54, 1.807) is 0 Å². The molecule has 2 aromatic rings. The third kappa shape index (κ3) is 3.15. The average molecular weight is 265 g/mol. The number of rotatable bonds is 4. The van der Waals surface area contributed by atoms with Crippen LogP contribution in [0.4, 0.5) is 5.69 Å². The van der Waals surface area contributed by atoms with Crippen LogP contribution >= 0.6 is 0 Å². The molecule has 0 bridgehead atoms. The number of hydrogen-bond acceptors (Lipinski definition) is 1. The summed E-state index contributed by atoms with van der Waals surface area (Å²) in [5.41, 5.74) is 4.89. The number of hydrogen-bond donors (Lipinski definition) is 1. The average Bonchev–Trinajstić information content (AvgIpc) is 2.47. The molecule has 0 unspecified atom stereocenters. The van der Waals surface area contributed by atoms with Crippen LogP contribution in [0.15, 0.2) is 49.0 Å². The molecule has 0 fully saturated rings. The fourth-order valence-electron chi connectivity index (χ4n) is 2.09. The Labute approximate surface area is 120 Å². The molecule has 0 aromatic heterocycles. The van der Waals surface area contributed by atoms with Gasteiger partial charge in [0.2, 0.25) is 0 Å². The van der Waals surface area contributed by atoms with E-state index >= 15 is 0 Å². The van der Waals surface area contributed by atoms with Gasteiger partial charge in [-0.1, -0.05) is 43.3 Å². The fraction of sp³-hybridized carbons (Fsp3) is 0.167. The molecule has 0 spiro atoms. The van der Waals surface area contributed by atoms with E-state index in [-0.39, 0.29) is 5.91 Å².